The summed E-state index contributed by atoms with van der Waals surface area (Å²) < 4.78 is 2.29. The Kier molecular flexibility index (Phi) is 9.53. The number of nitrogens with zero attached hydrogens (tertiary/aromatic N) is 3. The zero-order chi connectivity index (χ0) is 30.0. The quantitative estimate of drug-likeness (QED) is 0.224. The monoisotopic (exact) mass is 622 g/mol. The number of carbonyl (C=O) groups excluding carboxylic acids is 1. The number of thiazole rings is 1. The third-order valence-corrected chi connectivity index (χ3v) is 9.20. The second kappa shape index (κ2) is 13.1. The minimum atomic E-state index is -0.189. The van der Waals surface area contributed by atoms with Crippen molar-refractivity contribution < 1.29 is 4.79 Å². The molecule has 6 nitrogen and oxygen atoms in total. The van der Waals surface area contributed by atoms with Crippen LogP contribution in [-0.2, 0) is 19.3 Å². The van der Waals surface area contributed by atoms with E-state index in [1.54, 1.807) is 18.2 Å². The van der Waals surface area contributed by atoms with Gasteiger partial charge < -0.3 is 10.2 Å². The molecule has 0 saturated carbocycles. The van der Waals surface area contributed by atoms with Crippen molar-refractivity contribution in [2.75, 3.05) is 26.2 Å². The van der Waals surface area contributed by atoms with Crippen molar-refractivity contribution in [3.63, 3.8) is 0 Å². The van der Waals surface area contributed by atoms with E-state index in [0.717, 1.165) is 54.0 Å². The second-order valence-corrected chi connectivity index (χ2v) is 13.0. The number of piperazine rings is 1. The third-order valence-electron chi connectivity index (χ3n) is 7.66. The van der Waals surface area contributed by atoms with E-state index in [9.17, 15) is 9.59 Å². The summed E-state index contributed by atoms with van der Waals surface area (Å²) in [5, 5.41) is 4.43. The fraction of sp³-hybridized carbons (Fsp3) is 0.364. The standard InChI is InChI=1S/C33H36Cl2N4O2S/c1-5-21-8-7-9-22(6-2)29(21)39-27(18-20(3)4)25(32(40)38-16-14-36-15-17-38)19-26(33(39)41)31-37-28(30(35)42-31)23-10-12-24(34)13-11-23/h7-13,19-20,36H,5-6,14-18H2,1-4H3. The molecule has 2 aromatic carbocycles. The van der Waals surface area contributed by atoms with Gasteiger partial charge in [0.2, 0.25) is 0 Å². The van der Waals surface area contributed by atoms with E-state index in [1.165, 1.54) is 11.3 Å². The first-order chi connectivity index (χ1) is 20.2. The van der Waals surface area contributed by atoms with Crippen LogP contribution in [0.5, 0.6) is 0 Å². The summed E-state index contributed by atoms with van der Waals surface area (Å²) in [5.41, 5.74) is 5.89. The summed E-state index contributed by atoms with van der Waals surface area (Å²) in [6, 6.07) is 15.3. The number of aryl methyl sites for hydroxylation is 2. The summed E-state index contributed by atoms with van der Waals surface area (Å²) in [6.07, 6.45) is 2.09. The molecule has 0 atom stereocenters. The number of aromatic nitrogens is 2. The predicted octanol–water partition coefficient (Wildman–Crippen LogP) is 7.30. The molecule has 2 aromatic heterocycles. The summed E-state index contributed by atoms with van der Waals surface area (Å²) in [5.74, 6) is 0.163. The molecule has 1 amide bonds. The van der Waals surface area contributed by atoms with E-state index in [-0.39, 0.29) is 17.4 Å². The second-order valence-electron chi connectivity index (χ2n) is 11.0. The van der Waals surface area contributed by atoms with Crippen molar-refractivity contribution in [1.29, 1.82) is 0 Å². The van der Waals surface area contributed by atoms with Crippen molar-refractivity contribution in [3.05, 3.63) is 90.6 Å². The highest BCUT2D eigenvalue weighted by Crippen LogP contribution is 2.38. The Morgan fingerprint density at radius 1 is 1.02 bits per heavy atom. The summed E-state index contributed by atoms with van der Waals surface area (Å²) in [4.78, 5) is 35.7. The van der Waals surface area contributed by atoms with Crippen LogP contribution >= 0.6 is 34.5 Å². The zero-order valence-electron chi connectivity index (χ0n) is 24.5. The van der Waals surface area contributed by atoms with Crippen molar-refractivity contribution in [2.45, 2.75) is 47.0 Å². The number of carbonyl (C=O) groups is 1. The van der Waals surface area contributed by atoms with Gasteiger partial charge >= 0.3 is 0 Å². The van der Waals surface area contributed by atoms with E-state index in [0.29, 0.717) is 50.7 Å². The van der Waals surface area contributed by atoms with Crippen molar-refractivity contribution in [1.82, 2.24) is 19.8 Å². The van der Waals surface area contributed by atoms with E-state index in [2.05, 4.69) is 45.1 Å². The lowest BCUT2D eigenvalue weighted by molar-refractivity contribution is 0.0733. The van der Waals surface area contributed by atoms with Gasteiger partial charge in [-0.05, 0) is 54.5 Å². The Labute approximate surface area is 261 Å². The summed E-state index contributed by atoms with van der Waals surface area (Å²) in [6.45, 7) is 11.1. The molecule has 0 aliphatic carbocycles. The van der Waals surface area contributed by atoms with Gasteiger partial charge in [-0.15, -0.1) is 11.3 Å². The normalized spacial score (nSPS) is 13.6. The molecule has 220 valence electrons. The maximum atomic E-state index is 14.7. The van der Waals surface area contributed by atoms with Crippen LogP contribution in [0.25, 0.3) is 27.5 Å². The average molecular weight is 624 g/mol. The SMILES string of the molecule is CCc1cccc(CC)c1-n1c(CC(C)C)c(C(=O)N2CCNCC2)cc(-c2nc(-c3ccc(Cl)cc3)c(Cl)s2)c1=O. The van der Waals surface area contributed by atoms with Crippen LogP contribution in [0.15, 0.2) is 53.3 Å². The molecular formula is C33H36Cl2N4O2S. The molecule has 9 heteroatoms. The van der Waals surface area contributed by atoms with Gasteiger partial charge in [-0.2, -0.15) is 0 Å². The van der Waals surface area contributed by atoms with Crippen LogP contribution < -0.4 is 10.9 Å². The number of hydrogen-bond donors (Lipinski definition) is 1. The molecule has 0 unspecified atom stereocenters. The number of para-hydroxylation sites is 1. The van der Waals surface area contributed by atoms with Crippen LogP contribution in [0, 0.1) is 5.92 Å². The number of nitrogens with one attached hydrogen (secondary N) is 1. The third kappa shape index (κ3) is 6.06. The van der Waals surface area contributed by atoms with E-state index >= 15 is 0 Å². The molecule has 1 aliphatic heterocycles. The van der Waals surface area contributed by atoms with Crippen LogP contribution in [0.3, 0.4) is 0 Å². The Hall–Kier alpha value is -2.97. The highest BCUT2D eigenvalue weighted by molar-refractivity contribution is 7.19. The highest BCUT2D eigenvalue weighted by Gasteiger charge is 2.29. The largest absolute Gasteiger partial charge is 0.336 e. The smallest absolute Gasteiger partial charge is 0.265 e. The number of benzene rings is 2. The van der Waals surface area contributed by atoms with Gasteiger partial charge in [-0.1, -0.05) is 81.2 Å². The number of pyridine rings is 1. The molecule has 1 fully saturated rings. The number of halogens is 2. The van der Waals surface area contributed by atoms with E-state index in [4.69, 9.17) is 28.2 Å². The fourth-order valence-electron chi connectivity index (χ4n) is 5.56. The predicted molar refractivity (Wildman–Crippen MR) is 175 cm³/mol. The molecule has 5 rings (SSSR count). The molecule has 1 saturated heterocycles. The minimum Gasteiger partial charge on any atom is -0.336 e. The maximum Gasteiger partial charge on any atom is 0.265 e. The number of rotatable bonds is 8. The van der Waals surface area contributed by atoms with Gasteiger partial charge in [0, 0.05) is 42.5 Å². The topological polar surface area (TPSA) is 67.2 Å². The first kappa shape index (κ1) is 30.5. The van der Waals surface area contributed by atoms with Gasteiger partial charge in [-0.3, -0.25) is 14.2 Å². The Morgan fingerprint density at radius 2 is 1.67 bits per heavy atom. The molecule has 1 N–H and O–H groups in total. The summed E-state index contributed by atoms with van der Waals surface area (Å²) >= 11 is 14.1. The van der Waals surface area contributed by atoms with Gasteiger partial charge in [0.25, 0.3) is 11.5 Å². The van der Waals surface area contributed by atoms with Crippen molar-refractivity contribution in [3.8, 4) is 27.5 Å². The van der Waals surface area contributed by atoms with E-state index in [1.807, 2.05) is 27.7 Å². The molecular weight excluding hydrogens is 587 g/mol. The first-order valence-corrected chi connectivity index (χ1v) is 16.1. The molecule has 0 spiro atoms. The van der Waals surface area contributed by atoms with E-state index < -0.39 is 0 Å². The number of amides is 1. The molecule has 3 heterocycles. The lowest BCUT2D eigenvalue weighted by Gasteiger charge is -2.30. The zero-order valence-corrected chi connectivity index (χ0v) is 26.8. The molecule has 4 aromatic rings. The van der Waals surface area contributed by atoms with Crippen LogP contribution in [0.1, 0.15) is 54.9 Å². The number of hydrogen-bond acceptors (Lipinski definition) is 5. The first-order valence-electron chi connectivity index (χ1n) is 14.6. The molecule has 0 bridgehead atoms. The van der Waals surface area contributed by atoms with Crippen molar-refractivity contribution >= 4 is 40.4 Å². The van der Waals surface area contributed by atoms with Crippen LogP contribution in [0.4, 0.5) is 0 Å². The van der Waals surface area contributed by atoms with Crippen LogP contribution in [0.2, 0.25) is 9.36 Å². The Bertz CT molecular complexity index is 1630. The lowest BCUT2D eigenvalue weighted by atomic mass is 9.97. The van der Waals surface area contributed by atoms with Crippen LogP contribution in [-0.4, -0.2) is 46.5 Å². The summed E-state index contributed by atoms with van der Waals surface area (Å²) in [7, 11) is 0. The highest BCUT2D eigenvalue weighted by atomic mass is 35.5. The Morgan fingerprint density at radius 3 is 2.26 bits per heavy atom. The molecule has 1 aliphatic rings. The Balaban J connectivity index is 1.82. The van der Waals surface area contributed by atoms with Crippen molar-refractivity contribution in [2.24, 2.45) is 5.92 Å². The average Bonchev–Trinajstić information content (AvgIpc) is 3.38. The van der Waals surface area contributed by atoms with Gasteiger partial charge in [-0.25, -0.2) is 4.98 Å². The molecule has 42 heavy (non-hydrogen) atoms. The lowest BCUT2D eigenvalue weighted by Crippen LogP contribution is -2.47. The fourth-order valence-corrected chi connectivity index (χ4v) is 6.88. The molecule has 0 radical (unpaired) electrons. The van der Waals surface area contributed by atoms with Gasteiger partial charge in [0.05, 0.1) is 16.8 Å². The maximum absolute atomic E-state index is 14.7. The minimum absolute atomic E-state index is 0.0604. The van der Waals surface area contributed by atoms with Gasteiger partial charge in [0.15, 0.2) is 0 Å². The van der Waals surface area contributed by atoms with Gasteiger partial charge in [0.1, 0.15) is 15.0 Å².